The van der Waals surface area contributed by atoms with Crippen molar-refractivity contribution >= 4 is 29.1 Å². The molecule has 0 aliphatic carbocycles. The number of hydrogen-bond donors (Lipinski definition) is 3. The SMILES string of the molecule is C=C1C(=O)C(C)(C)[C@@H](O)CC(=O)N[C@H](/C(C)=C/c2csc(C)n2)C[C@@H]2O[C@]2(C)CCC[C@H](C)[C@@H]1O. The molecular formula is C27H40N2O5S. The molecule has 1 aromatic rings. The fourth-order valence-corrected chi connectivity index (χ4v) is 5.39. The molecule has 2 aliphatic rings. The molecule has 6 atom stereocenters. The van der Waals surface area contributed by atoms with Gasteiger partial charge in [0.05, 0.1) is 52.5 Å². The molecule has 3 N–H and O–H groups in total. The fraction of sp³-hybridized carbons (Fsp3) is 0.667. The van der Waals surface area contributed by atoms with Crippen LogP contribution in [-0.2, 0) is 14.3 Å². The standard InChI is InChI=1S/C27H40N2O5S/c1-15-9-8-10-27(7)22(34-27)12-20(16(2)11-19-14-35-18(4)28-19)29-23(31)13-21(30)26(5,6)25(33)17(3)24(15)32/h11,14-15,20-22,24,30,32H,3,8-10,12-13H2,1-2,4-7H3,(H,29,31)/b16-11+/t15-,20-,21-,22-,24-,27+/m0/s1. The molecule has 0 bridgehead atoms. The molecule has 0 saturated carbocycles. The van der Waals surface area contributed by atoms with E-state index in [9.17, 15) is 19.8 Å². The number of fused-ring (bicyclic) bond motifs is 1. The minimum absolute atomic E-state index is 0.000590. The lowest BCUT2D eigenvalue weighted by atomic mass is 9.75. The number of carbonyl (C=O) groups excluding carboxylic acids is 2. The summed E-state index contributed by atoms with van der Waals surface area (Å²) in [4.78, 5) is 30.7. The second kappa shape index (κ2) is 10.6. The zero-order valence-corrected chi connectivity index (χ0v) is 22.6. The van der Waals surface area contributed by atoms with Crippen molar-refractivity contribution in [1.29, 1.82) is 0 Å². The number of aromatic nitrogens is 1. The average Bonchev–Trinajstić information content (AvgIpc) is 3.22. The van der Waals surface area contributed by atoms with Gasteiger partial charge in [-0.3, -0.25) is 9.59 Å². The predicted molar refractivity (Wildman–Crippen MR) is 138 cm³/mol. The molecule has 3 rings (SSSR count). The number of ketones is 1. The van der Waals surface area contributed by atoms with Crippen molar-refractivity contribution in [1.82, 2.24) is 10.3 Å². The van der Waals surface area contributed by atoms with Crippen molar-refractivity contribution < 1.29 is 24.5 Å². The highest BCUT2D eigenvalue weighted by Crippen LogP contribution is 2.44. The third-order valence-corrected chi connectivity index (χ3v) is 8.49. The first-order valence-corrected chi connectivity index (χ1v) is 13.3. The summed E-state index contributed by atoms with van der Waals surface area (Å²) in [5.41, 5.74) is 0.344. The molecule has 0 radical (unpaired) electrons. The first kappa shape index (κ1) is 27.7. The van der Waals surface area contributed by atoms with Crippen molar-refractivity contribution in [3.8, 4) is 0 Å². The van der Waals surface area contributed by atoms with Crippen LogP contribution in [0.4, 0.5) is 0 Å². The second-order valence-corrected chi connectivity index (χ2v) is 12.1. The molecule has 0 unspecified atom stereocenters. The van der Waals surface area contributed by atoms with Gasteiger partial charge in [-0.15, -0.1) is 11.3 Å². The number of aryl methyl sites for hydroxylation is 1. The third kappa shape index (κ3) is 6.47. The highest BCUT2D eigenvalue weighted by atomic mass is 32.1. The Hall–Kier alpha value is -1.87. The molecule has 2 saturated heterocycles. The van der Waals surface area contributed by atoms with Gasteiger partial charge in [-0.1, -0.05) is 33.8 Å². The van der Waals surface area contributed by atoms with Crippen molar-refractivity contribution in [3.63, 3.8) is 0 Å². The number of thiazole rings is 1. The van der Waals surface area contributed by atoms with E-state index in [1.165, 1.54) is 0 Å². The molecule has 194 valence electrons. The fourth-order valence-electron chi connectivity index (χ4n) is 4.82. The molecule has 8 heteroatoms. The Labute approximate surface area is 212 Å². The van der Waals surface area contributed by atoms with E-state index in [2.05, 4.69) is 23.8 Å². The summed E-state index contributed by atoms with van der Waals surface area (Å²) < 4.78 is 6.08. The number of aliphatic hydroxyl groups is 2. The minimum atomic E-state index is -1.26. The van der Waals surface area contributed by atoms with Crippen LogP contribution in [0.5, 0.6) is 0 Å². The Kier molecular flexibility index (Phi) is 8.41. The molecule has 2 aliphatic heterocycles. The van der Waals surface area contributed by atoms with Gasteiger partial charge in [-0.25, -0.2) is 4.98 Å². The van der Waals surface area contributed by atoms with Crippen LogP contribution in [0.3, 0.4) is 0 Å². The first-order valence-electron chi connectivity index (χ1n) is 12.4. The number of hydrogen-bond acceptors (Lipinski definition) is 7. The Bertz CT molecular complexity index is 999. The second-order valence-electron chi connectivity index (χ2n) is 11.1. The summed E-state index contributed by atoms with van der Waals surface area (Å²) in [7, 11) is 0. The number of nitrogens with zero attached hydrogens (tertiary/aromatic N) is 1. The van der Waals surface area contributed by atoms with Crippen molar-refractivity contribution in [2.75, 3.05) is 0 Å². The van der Waals surface area contributed by atoms with Gasteiger partial charge in [-0.05, 0) is 51.2 Å². The molecule has 1 aromatic heterocycles. The summed E-state index contributed by atoms with van der Waals surface area (Å²) in [6.45, 7) is 14.9. The summed E-state index contributed by atoms with van der Waals surface area (Å²) in [5.74, 6) is -0.927. The first-order chi connectivity index (χ1) is 16.2. The van der Waals surface area contributed by atoms with E-state index in [1.807, 2.05) is 32.2 Å². The maximum absolute atomic E-state index is 13.1. The van der Waals surface area contributed by atoms with E-state index in [1.54, 1.807) is 25.2 Å². The summed E-state index contributed by atoms with van der Waals surface area (Å²) in [5, 5.41) is 27.6. The Morgan fingerprint density at radius 2 is 2.00 bits per heavy atom. The van der Waals surface area contributed by atoms with E-state index in [-0.39, 0.29) is 41.6 Å². The zero-order valence-electron chi connectivity index (χ0n) is 21.8. The van der Waals surface area contributed by atoms with Crippen LogP contribution >= 0.6 is 11.3 Å². The number of amides is 1. The average molecular weight is 505 g/mol. The molecule has 2 fully saturated rings. The topological polar surface area (TPSA) is 112 Å². The molecule has 0 aromatic carbocycles. The Morgan fingerprint density at radius 1 is 1.31 bits per heavy atom. The third-order valence-electron chi connectivity index (χ3n) is 7.70. The van der Waals surface area contributed by atoms with Crippen LogP contribution in [0.15, 0.2) is 23.1 Å². The quantitative estimate of drug-likeness (QED) is 0.415. The molecule has 35 heavy (non-hydrogen) atoms. The highest BCUT2D eigenvalue weighted by Gasteiger charge is 2.52. The zero-order chi connectivity index (χ0) is 26.1. The van der Waals surface area contributed by atoms with Gasteiger partial charge in [0, 0.05) is 17.4 Å². The monoisotopic (exact) mass is 504 g/mol. The molecular weight excluding hydrogens is 464 g/mol. The van der Waals surface area contributed by atoms with Crippen molar-refractivity contribution in [3.05, 3.63) is 33.8 Å². The lowest BCUT2D eigenvalue weighted by Crippen LogP contribution is -2.45. The van der Waals surface area contributed by atoms with Crippen LogP contribution in [-0.4, -0.2) is 56.8 Å². The Balaban J connectivity index is 1.86. The van der Waals surface area contributed by atoms with Crippen LogP contribution < -0.4 is 5.32 Å². The number of rotatable bonds is 2. The van der Waals surface area contributed by atoms with Gasteiger partial charge in [0.2, 0.25) is 5.91 Å². The van der Waals surface area contributed by atoms with Gasteiger partial charge in [0.1, 0.15) is 0 Å². The molecule has 1 amide bonds. The predicted octanol–water partition coefficient (Wildman–Crippen LogP) is 3.97. The summed E-state index contributed by atoms with van der Waals surface area (Å²) in [6.07, 6.45) is 2.52. The maximum Gasteiger partial charge on any atom is 0.223 e. The number of carbonyl (C=O) groups is 2. The van der Waals surface area contributed by atoms with Crippen molar-refractivity contribution in [2.45, 2.75) is 104 Å². The number of Topliss-reactive ketones (excluding diaryl/α,β-unsaturated/α-hetero) is 1. The number of nitrogens with one attached hydrogen (secondary N) is 1. The largest absolute Gasteiger partial charge is 0.392 e. The number of aliphatic hydroxyl groups excluding tert-OH is 2. The lowest BCUT2D eigenvalue weighted by molar-refractivity contribution is -0.133. The lowest BCUT2D eigenvalue weighted by Gasteiger charge is -2.32. The van der Waals surface area contributed by atoms with Gasteiger partial charge >= 0.3 is 0 Å². The normalized spacial score (nSPS) is 35.4. The maximum atomic E-state index is 13.1. The molecule has 3 heterocycles. The summed E-state index contributed by atoms with van der Waals surface area (Å²) >= 11 is 1.57. The number of epoxide rings is 1. The molecule has 7 nitrogen and oxygen atoms in total. The van der Waals surface area contributed by atoms with Crippen LogP contribution in [0.1, 0.15) is 77.4 Å². The van der Waals surface area contributed by atoms with Gasteiger partial charge in [0.15, 0.2) is 5.78 Å². The van der Waals surface area contributed by atoms with E-state index in [0.29, 0.717) is 6.42 Å². The van der Waals surface area contributed by atoms with E-state index >= 15 is 0 Å². The molecule has 0 spiro atoms. The summed E-state index contributed by atoms with van der Waals surface area (Å²) in [6, 6.07) is -0.286. The Morgan fingerprint density at radius 3 is 2.63 bits per heavy atom. The van der Waals surface area contributed by atoms with E-state index < -0.39 is 23.4 Å². The van der Waals surface area contributed by atoms with Gasteiger partial charge < -0.3 is 20.3 Å². The smallest absolute Gasteiger partial charge is 0.223 e. The van der Waals surface area contributed by atoms with Crippen LogP contribution in [0.2, 0.25) is 0 Å². The minimum Gasteiger partial charge on any atom is -0.392 e. The van der Waals surface area contributed by atoms with E-state index in [0.717, 1.165) is 35.5 Å². The van der Waals surface area contributed by atoms with Gasteiger partial charge in [-0.2, -0.15) is 0 Å². The highest BCUT2D eigenvalue weighted by molar-refractivity contribution is 7.09. The van der Waals surface area contributed by atoms with Crippen LogP contribution in [0, 0.1) is 18.3 Å². The number of ether oxygens (including phenoxy) is 1. The van der Waals surface area contributed by atoms with Crippen molar-refractivity contribution in [2.24, 2.45) is 11.3 Å². The van der Waals surface area contributed by atoms with Crippen LogP contribution in [0.25, 0.3) is 6.08 Å². The van der Waals surface area contributed by atoms with Gasteiger partial charge in [0.25, 0.3) is 0 Å². The van der Waals surface area contributed by atoms with E-state index in [4.69, 9.17) is 4.74 Å².